The first-order valence-corrected chi connectivity index (χ1v) is 4.92. The Kier molecular flexibility index (Phi) is 2.96. The van der Waals surface area contributed by atoms with Gasteiger partial charge in [0, 0.05) is 11.8 Å². The van der Waals surface area contributed by atoms with E-state index in [2.05, 4.69) is 10.4 Å². The monoisotopic (exact) mass is 193 g/mol. The number of ether oxygens (including phenoxy) is 1. The van der Waals surface area contributed by atoms with Gasteiger partial charge in [0.05, 0.1) is 12.7 Å². The van der Waals surface area contributed by atoms with Crippen LogP contribution in [0.3, 0.4) is 0 Å². The van der Waals surface area contributed by atoms with Crippen molar-refractivity contribution >= 4 is 5.82 Å². The van der Waals surface area contributed by atoms with Crippen molar-refractivity contribution in [1.29, 1.82) is 0 Å². The van der Waals surface area contributed by atoms with Gasteiger partial charge in [-0.1, -0.05) is 6.07 Å². The molecule has 2 rings (SSSR count). The summed E-state index contributed by atoms with van der Waals surface area (Å²) in [7, 11) is 0. The maximum atomic E-state index is 5.67. The number of nitrogen functional groups attached to an aromatic ring is 1. The number of pyridine rings is 1. The lowest BCUT2D eigenvalue weighted by atomic mass is 9.96. The minimum absolute atomic E-state index is 0.445. The Morgan fingerprint density at radius 2 is 2.43 bits per heavy atom. The van der Waals surface area contributed by atoms with E-state index in [1.807, 2.05) is 12.1 Å². The molecule has 0 unspecified atom stereocenters. The molecule has 76 valence electrons. The van der Waals surface area contributed by atoms with Crippen LogP contribution >= 0.6 is 0 Å². The van der Waals surface area contributed by atoms with E-state index in [1.54, 1.807) is 6.20 Å². The Hall–Kier alpha value is -1.13. The fourth-order valence-electron chi connectivity index (χ4n) is 1.43. The summed E-state index contributed by atoms with van der Waals surface area (Å²) < 4.78 is 5.67. The quantitative estimate of drug-likeness (QED) is 0.561. The molecule has 1 aliphatic rings. The Morgan fingerprint density at radius 1 is 1.57 bits per heavy atom. The molecule has 1 aromatic heterocycles. The van der Waals surface area contributed by atoms with E-state index in [9.17, 15) is 0 Å². The van der Waals surface area contributed by atoms with Gasteiger partial charge in [0.2, 0.25) is 0 Å². The van der Waals surface area contributed by atoms with E-state index in [4.69, 9.17) is 10.6 Å². The normalized spacial score (nSPS) is 16.4. The number of hydrazine groups is 1. The van der Waals surface area contributed by atoms with Crippen LogP contribution in [-0.4, -0.2) is 11.1 Å². The minimum Gasteiger partial charge on any atom is -0.373 e. The Balaban J connectivity index is 1.93. The van der Waals surface area contributed by atoms with Crippen molar-refractivity contribution in [2.24, 2.45) is 5.84 Å². The number of anilines is 1. The summed E-state index contributed by atoms with van der Waals surface area (Å²) in [6.07, 6.45) is 5.82. The van der Waals surface area contributed by atoms with Crippen LogP contribution in [0.1, 0.15) is 24.8 Å². The molecule has 1 aromatic rings. The van der Waals surface area contributed by atoms with E-state index in [0.29, 0.717) is 18.5 Å². The standard InChI is InChI=1S/C10H15N3O/c11-13-10-8(3-2-6-12-10)7-14-9-4-1-5-9/h2-3,6,9H,1,4-5,7,11H2,(H,12,13). The van der Waals surface area contributed by atoms with Gasteiger partial charge in [-0.2, -0.15) is 0 Å². The van der Waals surface area contributed by atoms with Crippen molar-refractivity contribution in [2.75, 3.05) is 5.43 Å². The number of nitrogens with zero attached hydrogens (tertiary/aromatic N) is 1. The SMILES string of the molecule is NNc1ncccc1COC1CCC1. The Labute approximate surface area is 83.4 Å². The molecule has 0 saturated heterocycles. The predicted molar refractivity (Wildman–Crippen MR) is 54.5 cm³/mol. The van der Waals surface area contributed by atoms with Gasteiger partial charge >= 0.3 is 0 Å². The number of rotatable bonds is 4. The molecule has 1 heterocycles. The second kappa shape index (κ2) is 4.39. The summed E-state index contributed by atoms with van der Waals surface area (Å²) >= 11 is 0. The fraction of sp³-hybridized carbons (Fsp3) is 0.500. The molecule has 1 saturated carbocycles. The molecule has 1 aliphatic carbocycles. The van der Waals surface area contributed by atoms with Gasteiger partial charge in [0.1, 0.15) is 5.82 Å². The lowest BCUT2D eigenvalue weighted by Gasteiger charge is -2.25. The topological polar surface area (TPSA) is 60.2 Å². The van der Waals surface area contributed by atoms with Crippen molar-refractivity contribution in [1.82, 2.24) is 4.98 Å². The summed E-state index contributed by atoms with van der Waals surface area (Å²) in [6, 6.07) is 3.86. The van der Waals surface area contributed by atoms with Crippen molar-refractivity contribution in [3.05, 3.63) is 23.9 Å². The molecule has 0 amide bonds. The number of hydrogen-bond acceptors (Lipinski definition) is 4. The van der Waals surface area contributed by atoms with Gasteiger partial charge in [-0.3, -0.25) is 0 Å². The van der Waals surface area contributed by atoms with Gasteiger partial charge in [-0.25, -0.2) is 10.8 Å². The summed E-state index contributed by atoms with van der Waals surface area (Å²) in [4.78, 5) is 4.10. The summed E-state index contributed by atoms with van der Waals surface area (Å²) in [6.45, 7) is 0.595. The highest BCUT2D eigenvalue weighted by Crippen LogP contribution is 2.24. The van der Waals surface area contributed by atoms with Gasteiger partial charge in [0.15, 0.2) is 0 Å². The second-order valence-electron chi connectivity index (χ2n) is 3.52. The first-order valence-electron chi connectivity index (χ1n) is 4.92. The molecule has 4 heteroatoms. The highest BCUT2D eigenvalue weighted by Gasteiger charge is 2.18. The molecule has 0 spiro atoms. The summed E-state index contributed by atoms with van der Waals surface area (Å²) in [5.74, 6) is 6.04. The van der Waals surface area contributed by atoms with Gasteiger partial charge < -0.3 is 10.2 Å². The number of nitrogens with one attached hydrogen (secondary N) is 1. The third kappa shape index (κ3) is 2.02. The maximum Gasteiger partial charge on any atom is 0.145 e. The van der Waals surface area contributed by atoms with Crippen LogP contribution < -0.4 is 11.3 Å². The largest absolute Gasteiger partial charge is 0.373 e. The Bertz CT molecular complexity index is 299. The van der Waals surface area contributed by atoms with Gasteiger partial charge in [-0.05, 0) is 25.3 Å². The molecular weight excluding hydrogens is 178 g/mol. The van der Waals surface area contributed by atoms with Crippen LogP contribution in [0, 0.1) is 0 Å². The molecule has 4 nitrogen and oxygen atoms in total. The third-order valence-corrected chi connectivity index (χ3v) is 2.55. The highest BCUT2D eigenvalue weighted by molar-refractivity contribution is 5.41. The summed E-state index contributed by atoms with van der Waals surface area (Å²) in [5, 5.41) is 0. The van der Waals surface area contributed by atoms with Crippen molar-refractivity contribution < 1.29 is 4.74 Å². The van der Waals surface area contributed by atoms with Crippen LogP contribution in [0.2, 0.25) is 0 Å². The predicted octanol–water partition coefficient (Wildman–Crippen LogP) is 1.44. The Morgan fingerprint density at radius 3 is 3.07 bits per heavy atom. The highest BCUT2D eigenvalue weighted by atomic mass is 16.5. The molecular formula is C10H15N3O. The third-order valence-electron chi connectivity index (χ3n) is 2.55. The van der Waals surface area contributed by atoms with Crippen LogP contribution in [0.25, 0.3) is 0 Å². The average molecular weight is 193 g/mol. The van der Waals surface area contributed by atoms with Crippen molar-refractivity contribution in [3.8, 4) is 0 Å². The number of hydrogen-bond donors (Lipinski definition) is 2. The van der Waals surface area contributed by atoms with Crippen LogP contribution in [0.15, 0.2) is 18.3 Å². The lowest BCUT2D eigenvalue weighted by Crippen LogP contribution is -2.21. The van der Waals surface area contributed by atoms with E-state index >= 15 is 0 Å². The first kappa shape index (κ1) is 9.43. The lowest BCUT2D eigenvalue weighted by molar-refractivity contribution is -0.00852. The van der Waals surface area contributed by atoms with Crippen LogP contribution in [-0.2, 0) is 11.3 Å². The second-order valence-corrected chi connectivity index (χ2v) is 3.52. The smallest absolute Gasteiger partial charge is 0.145 e. The van der Waals surface area contributed by atoms with Crippen LogP contribution in [0.5, 0.6) is 0 Å². The molecule has 0 aliphatic heterocycles. The zero-order valence-corrected chi connectivity index (χ0v) is 8.07. The zero-order valence-electron chi connectivity index (χ0n) is 8.07. The molecule has 14 heavy (non-hydrogen) atoms. The fourth-order valence-corrected chi connectivity index (χ4v) is 1.43. The van der Waals surface area contributed by atoms with E-state index < -0.39 is 0 Å². The molecule has 0 aromatic carbocycles. The van der Waals surface area contributed by atoms with E-state index in [-0.39, 0.29) is 0 Å². The van der Waals surface area contributed by atoms with Crippen molar-refractivity contribution in [3.63, 3.8) is 0 Å². The minimum atomic E-state index is 0.445. The van der Waals surface area contributed by atoms with Crippen molar-refractivity contribution in [2.45, 2.75) is 32.0 Å². The molecule has 0 radical (unpaired) electrons. The van der Waals surface area contributed by atoms with Gasteiger partial charge in [-0.15, -0.1) is 0 Å². The molecule has 0 atom stereocenters. The molecule has 0 bridgehead atoms. The van der Waals surface area contributed by atoms with E-state index in [0.717, 1.165) is 5.56 Å². The number of aromatic nitrogens is 1. The van der Waals surface area contributed by atoms with E-state index in [1.165, 1.54) is 19.3 Å². The zero-order chi connectivity index (χ0) is 9.80. The van der Waals surface area contributed by atoms with Gasteiger partial charge in [0.25, 0.3) is 0 Å². The average Bonchev–Trinajstić information content (AvgIpc) is 2.16. The molecule has 3 N–H and O–H groups in total. The molecule has 1 fully saturated rings. The summed E-state index contributed by atoms with van der Waals surface area (Å²) in [5.41, 5.74) is 3.58. The number of nitrogens with two attached hydrogens (primary N) is 1. The maximum absolute atomic E-state index is 5.67. The first-order chi connectivity index (χ1) is 6.90. The van der Waals surface area contributed by atoms with Crippen LogP contribution in [0.4, 0.5) is 5.82 Å².